The number of nitrogens with one attached hydrogen (secondary N) is 1. The minimum Gasteiger partial charge on any atom is -0.490 e. The van der Waals surface area contributed by atoms with Gasteiger partial charge in [0.15, 0.2) is 11.5 Å². The second-order valence-corrected chi connectivity index (χ2v) is 7.03. The van der Waals surface area contributed by atoms with Gasteiger partial charge in [-0.05, 0) is 58.4 Å². The van der Waals surface area contributed by atoms with E-state index in [0.29, 0.717) is 42.6 Å². The SMILES string of the molecule is CCOc1cc(C(=O)NN=C(C)c2ccc(CC)s2)cc(OCC)c1OCC. The largest absolute Gasteiger partial charge is 0.490 e. The summed E-state index contributed by atoms with van der Waals surface area (Å²) in [4.78, 5) is 15.0. The molecule has 0 radical (unpaired) electrons. The Morgan fingerprint density at radius 2 is 1.61 bits per heavy atom. The number of carbonyl (C=O) groups is 1. The summed E-state index contributed by atoms with van der Waals surface area (Å²) in [6.45, 7) is 11.0. The molecule has 0 unspecified atom stereocenters. The van der Waals surface area contributed by atoms with Gasteiger partial charge in [0.1, 0.15) is 0 Å². The fraction of sp³-hybridized carbons (Fsp3) is 0.429. The number of rotatable bonds is 10. The number of amides is 1. The van der Waals surface area contributed by atoms with Crippen molar-refractivity contribution in [2.75, 3.05) is 19.8 Å². The number of hydrogen-bond donors (Lipinski definition) is 1. The zero-order valence-corrected chi connectivity index (χ0v) is 17.9. The molecule has 2 rings (SSSR count). The van der Waals surface area contributed by atoms with Crippen LogP contribution in [0.15, 0.2) is 29.4 Å². The van der Waals surface area contributed by atoms with Crippen LogP contribution in [-0.4, -0.2) is 31.4 Å². The van der Waals surface area contributed by atoms with Crippen LogP contribution in [0.2, 0.25) is 0 Å². The van der Waals surface area contributed by atoms with Crippen molar-refractivity contribution in [1.29, 1.82) is 0 Å². The smallest absolute Gasteiger partial charge is 0.271 e. The highest BCUT2D eigenvalue weighted by molar-refractivity contribution is 7.14. The normalized spacial score (nSPS) is 11.2. The van der Waals surface area contributed by atoms with Gasteiger partial charge in [-0.3, -0.25) is 4.79 Å². The van der Waals surface area contributed by atoms with Crippen LogP contribution in [0.1, 0.15) is 54.7 Å². The lowest BCUT2D eigenvalue weighted by atomic mass is 10.1. The van der Waals surface area contributed by atoms with Crippen LogP contribution in [0.5, 0.6) is 17.2 Å². The molecule has 2 aromatic rings. The molecule has 0 aliphatic rings. The monoisotopic (exact) mass is 404 g/mol. The quantitative estimate of drug-likeness (QED) is 0.462. The molecule has 1 aromatic heterocycles. The first-order chi connectivity index (χ1) is 13.5. The standard InChI is InChI=1S/C21H28N2O4S/c1-6-16-10-11-19(28-16)14(5)22-23-21(24)15-12-17(25-7-2)20(27-9-4)18(13-15)26-8-3/h10-13H,6-9H2,1-5H3,(H,23,24). The van der Waals surface area contributed by atoms with E-state index in [4.69, 9.17) is 14.2 Å². The molecule has 28 heavy (non-hydrogen) atoms. The number of benzene rings is 1. The van der Waals surface area contributed by atoms with Crippen molar-refractivity contribution < 1.29 is 19.0 Å². The number of nitrogens with zero attached hydrogens (tertiary/aromatic N) is 1. The van der Waals surface area contributed by atoms with Gasteiger partial charge in [0.25, 0.3) is 5.91 Å². The molecule has 0 saturated carbocycles. The summed E-state index contributed by atoms with van der Waals surface area (Å²) >= 11 is 1.68. The molecule has 7 heteroatoms. The molecule has 0 aliphatic carbocycles. The molecular weight excluding hydrogens is 376 g/mol. The Labute approximate surface area is 170 Å². The lowest BCUT2D eigenvalue weighted by Gasteiger charge is -2.16. The van der Waals surface area contributed by atoms with E-state index < -0.39 is 0 Å². The molecule has 0 bridgehead atoms. The van der Waals surface area contributed by atoms with Crippen LogP contribution in [-0.2, 0) is 6.42 Å². The second-order valence-electron chi connectivity index (χ2n) is 5.86. The van der Waals surface area contributed by atoms with Crippen molar-refractivity contribution in [3.8, 4) is 17.2 Å². The molecule has 0 atom stereocenters. The summed E-state index contributed by atoms with van der Waals surface area (Å²) in [7, 11) is 0. The lowest BCUT2D eigenvalue weighted by Crippen LogP contribution is -2.19. The molecule has 1 aromatic carbocycles. The first kappa shape index (κ1) is 21.8. The average molecular weight is 405 g/mol. The first-order valence-electron chi connectivity index (χ1n) is 9.54. The summed E-state index contributed by atoms with van der Waals surface area (Å²) < 4.78 is 17.0. The van der Waals surface area contributed by atoms with Gasteiger partial charge in [-0.1, -0.05) is 6.92 Å². The zero-order chi connectivity index (χ0) is 20.5. The van der Waals surface area contributed by atoms with E-state index in [1.165, 1.54) is 4.88 Å². The maximum absolute atomic E-state index is 12.7. The third-order valence-corrected chi connectivity index (χ3v) is 5.20. The number of thiophene rings is 1. The molecule has 0 spiro atoms. The van der Waals surface area contributed by atoms with Crippen LogP contribution in [0.25, 0.3) is 0 Å². The van der Waals surface area contributed by atoms with Crippen LogP contribution in [0, 0.1) is 0 Å². The van der Waals surface area contributed by atoms with Gasteiger partial charge in [-0.15, -0.1) is 11.3 Å². The number of hydrazone groups is 1. The number of aryl methyl sites for hydroxylation is 1. The summed E-state index contributed by atoms with van der Waals surface area (Å²) in [5, 5.41) is 4.24. The summed E-state index contributed by atoms with van der Waals surface area (Å²) in [5.41, 5.74) is 3.78. The first-order valence-corrected chi connectivity index (χ1v) is 10.4. The molecule has 1 heterocycles. The minimum absolute atomic E-state index is 0.337. The van der Waals surface area contributed by atoms with Gasteiger partial charge in [0.05, 0.1) is 30.4 Å². The van der Waals surface area contributed by atoms with Crippen LogP contribution < -0.4 is 19.6 Å². The Balaban J connectivity index is 2.26. The maximum atomic E-state index is 12.7. The molecular formula is C21H28N2O4S. The van der Waals surface area contributed by atoms with Crippen LogP contribution in [0.3, 0.4) is 0 Å². The number of ether oxygens (including phenoxy) is 3. The second kappa shape index (κ2) is 10.7. The molecule has 0 fully saturated rings. The highest BCUT2D eigenvalue weighted by atomic mass is 32.1. The van der Waals surface area contributed by atoms with Crippen molar-refractivity contribution in [2.45, 2.75) is 41.0 Å². The molecule has 1 N–H and O–H groups in total. The number of hydrogen-bond acceptors (Lipinski definition) is 6. The molecule has 152 valence electrons. The zero-order valence-electron chi connectivity index (χ0n) is 17.1. The van der Waals surface area contributed by atoms with Crippen LogP contribution >= 0.6 is 11.3 Å². The molecule has 0 aliphatic heterocycles. The van der Waals surface area contributed by atoms with Crippen molar-refractivity contribution in [1.82, 2.24) is 5.43 Å². The van der Waals surface area contributed by atoms with E-state index in [2.05, 4.69) is 23.5 Å². The Hall–Kier alpha value is -2.54. The Bertz CT molecular complexity index is 803. The van der Waals surface area contributed by atoms with Crippen molar-refractivity contribution in [2.24, 2.45) is 5.10 Å². The van der Waals surface area contributed by atoms with E-state index in [9.17, 15) is 4.79 Å². The maximum Gasteiger partial charge on any atom is 0.271 e. The minimum atomic E-state index is -0.337. The Morgan fingerprint density at radius 3 is 2.11 bits per heavy atom. The predicted octanol–water partition coefficient (Wildman–Crippen LogP) is 4.66. The van der Waals surface area contributed by atoms with Crippen LogP contribution in [0.4, 0.5) is 0 Å². The van der Waals surface area contributed by atoms with Crippen molar-refractivity contribution >= 4 is 23.0 Å². The molecule has 1 amide bonds. The van der Waals surface area contributed by atoms with Gasteiger partial charge in [0, 0.05) is 10.4 Å². The fourth-order valence-corrected chi connectivity index (χ4v) is 3.43. The summed E-state index contributed by atoms with van der Waals surface area (Å²) in [6, 6.07) is 7.40. The Kier molecular flexibility index (Phi) is 8.32. The van der Waals surface area contributed by atoms with E-state index in [0.717, 1.165) is 17.0 Å². The van der Waals surface area contributed by atoms with Gasteiger partial charge < -0.3 is 14.2 Å². The van der Waals surface area contributed by atoms with Gasteiger partial charge >= 0.3 is 0 Å². The van der Waals surface area contributed by atoms with Gasteiger partial charge in [-0.2, -0.15) is 5.10 Å². The average Bonchev–Trinajstić information content (AvgIpc) is 3.18. The van der Waals surface area contributed by atoms with E-state index in [-0.39, 0.29) is 5.91 Å². The number of carbonyl (C=O) groups excluding carboxylic acids is 1. The summed E-state index contributed by atoms with van der Waals surface area (Å²) in [6.07, 6.45) is 0.983. The summed E-state index contributed by atoms with van der Waals surface area (Å²) in [5.74, 6) is 1.13. The van der Waals surface area contributed by atoms with E-state index in [1.807, 2.05) is 33.8 Å². The third-order valence-electron chi connectivity index (χ3n) is 3.86. The van der Waals surface area contributed by atoms with Gasteiger partial charge in [0.2, 0.25) is 5.75 Å². The van der Waals surface area contributed by atoms with Crippen molar-refractivity contribution in [3.63, 3.8) is 0 Å². The highest BCUT2D eigenvalue weighted by Crippen LogP contribution is 2.39. The van der Waals surface area contributed by atoms with Crippen molar-refractivity contribution in [3.05, 3.63) is 39.6 Å². The van der Waals surface area contributed by atoms with Gasteiger partial charge in [-0.25, -0.2) is 5.43 Å². The highest BCUT2D eigenvalue weighted by Gasteiger charge is 2.18. The van der Waals surface area contributed by atoms with E-state index >= 15 is 0 Å². The van der Waals surface area contributed by atoms with E-state index in [1.54, 1.807) is 23.5 Å². The Morgan fingerprint density at radius 1 is 1.00 bits per heavy atom. The topological polar surface area (TPSA) is 69.2 Å². The molecule has 6 nitrogen and oxygen atoms in total. The fourth-order valence-electron chi connectivity index (χ4n) is 2.54. The molecule has 0 saturated heterocycles. The predicted molar refractivity (Wildman–Crippen MR) is 113 cm³/mol. The third kappa shape index (κ3) is 5.48. The lowest BCUT2D eigenvalue weighted by molar-refractivity contribution is 0.0953.